The van der Waals surface area contributed by atoms with Crippen LogP contribution in [0.4, 0.5) is 0 Å². The predicted octanol–water partition coefficient (Wildman–Crippen LogP) is 1.09. The summed E-state index contributed by atoms with van der Waals surface area (Å²) < 4.78 is 3.28. The van der Waals surface area contributed by atoms with Gasteiger partial charge in [-0.3, -0.25) is 4.79 Å². The van der Waals surface area contributed by atoms with E-state index in [9.17, 15) is 15.0 Å². The largest absolute Gasteiger partial charge is 0.396 e. The van der Waals surface area contributed by atoms with Crippen LogP contribution in [-0.2, 0) is 6.54 Å². The van der Waals surface area contributed by atoms with Crippen LogP contribution in [0, 0.1) is 11.3 Å². The Labute approximate surface area is 151 Å². The summed E-state index contributed by atoms with van der Waals surface area (Å²) in [6.45, 7) is 0.519. The zero-order valence-electron chi connectivity index (χ0n) is 13.8. The third kappa shape index (κ3) is 2.17. The second-order valence-corrected chi connectivity index (χ2v) is 7.85. The minimum atomic E-state index is -0.354. The Kier molecular flexibility index (Phi) is 3.33. The Hall–Kier alpha value is -2.49. The van der Waals surface area contributed by atoms with Gasteiger partial charge in [-0.05, 0) is 23.8 Å². The van der Waals surface area contributed by atoms with Gasteiger partial charge in [0.05, 0.1) is 23.5 Å². The molecule has 0 radical (unpaired) electrons. The Morgan fingerprint density at radius 2 is 2.31 bits per heavy atom. The minimum absolute atomic E-state index is 0.00977. The maximum Gasteiger partial charge on any atom is 0.287 e. The number of aliphatic hydroxyl groups excluding tert-OH is 2. The molecule has 4 aromatic rings. The standard InChI is InChI=1S/C17H17N5O3S/c23-6-10-4-17(10,8-24)7-21-9-18-13-14(21)20-16-19-11(5-22(16)15(13)25)12-2-1-3-26-12/h1-3,5,9-10,23-24H,4,6-8H2,(H,19,20). The van der Waals surface area contributed by atoms with E-state index in [0.29, 0.717) is 23.5 Å². The number of nitrogens with zero attached hydrogens (tertiary/aromatic N) is 4. The van der Waals surface area contributed by atoms with Gasteiger partial charge in [0.15, 0.2) is 11.2 Å². The second-order valence-electron chi connectivity index (χ2n) is 6.90. The van der Waals surface area contributed by atoms with E-state index in [1.807, 2.05) is 17.5 Å². The van der Waals surface area contributed by atoms with Gasteiger partial charge >= 0.3 is 0 Å². The summed E-state index contributed by atoms with van der Waals surface area (Å²) in [7, 11) is 0. The fraction of sp³-hybridized carbons (Fsp3) is 0.353. The first kappa shape index (κ1) is 15.7. The molecule has 2 atom stereocenters. The lowest BCUT2D eigenvalue weighted by Gasteiger charge is -2.14. The highest BCUT2D eigenvalue weighted by Gasteiger charge is 2.53. The monoisotopic (exact) mass is 371 g/mol. The average molecular weight is 371 g/mol. The summed E-state index contributed by atoms with van der Waals surface area (Å²) in [4.78, 5) is 25.9. The highest BCUT2D eigenvalue weighted by atomic mass is 32.1. The Bertz CT molecular complexity index is 1160. The summed E-state index contributed by atoms with van der Waals surface area (Å²) >= 11 is 1.58. The smallest absolute Gasteiger partial charge is 0.287 e. The van der Waals surface area contributed by atoms with Crippen LogP contribution in [0.1, 0.15) is 6.42 Å². The number of H-pyrrole nitrogens is 1. The van der Waals surface area contributed by atoms with Crippen LogP contribution < -0.4 is 5.56 Å². The van der Waals surface area contributed by atoms with Crippen molar-refractivity contribution in [3.05, 3.63) is 40.4 Å². The quantitative estimate of drug-likeness (QED) is 0.487. The van der Waals surface area contributed by atoms with E-state index in [0.717, 1.165) is 17.0 Å². The van der Waals surface area contributed by atoms with Gasteiger partial charge in [-0.25, -0.2) is 9.38 Å². The van der Waals surface area contributed by atoms with Crippen molar-refractivity contribution in [2.75, 3.05) is 13.2 Å². The molecule has 26 heavy (non-hydrogen) atoms. The molecule has 134 valence electrons. The Morgan fingerprint density at radius 3 is 3.00 bits per heavy atom. The molecule has 0 bridgehead atoms. The van der Waals surface area contributed by atoms with Crippen LogP contribution in [0.2, 0.25) is 0 Å². The van der Waals surface area contributed by atoms with E-state index in [-0.39, 0.29) is 30.1 Å². The third-order valence-electron chi connectivity index (χ3n) is 5.34. The number of aliphatic hydroxyl groups is 2. The van der Waals surface area contributed by atoms with Crippen LogP contribution in [0.25, 0.3) is 27.5 Å². The molecule has 1 saturated carbocycles. The molecule has 1 aliphatic carbocycles. The van der Waals surface area contributed by atoms with Crippen LogP contribution in [0.15, 0.2) is 34.8 Å². The SMILES string of the molecule is O=c1c2ncn(CC3(CO)CC3CO)c2nc2[nH]c(-c3cccs3)cn12. The van der Waals surface area contributed by atoms with Crippen molar-refractivity contribution < 1.29 is 10.2 Å². The molecule has 8 nitrogen and oxygen atoms in total. The van der Waals surface area contributed by atoms with Gasteiger partial charge in [0, 0.05) is 24.8 Å². The number of nitrogens with one attached hydrogen (secondary N) is 1. The van der Waals surface area contributed by atoms with Gasteiger partial charge < -0.3 is 19.8 Å². The molecule has 1 fully saturated rings. The normalized spacial score (nSPS) is 22.5. The first-order valence-electron chi connectivity index (χ1n) is 8.37. The molecule has 4 aromatic heterocycles. The summed E-state index contributed by atoms with van der Waals surface area (Å²) in [5.74, 6) is 0.533. The molecule has 0 aliphatic heterocycles. The van der Waals surface area contributed by atoms with Crippen LogP contribution in [-0.4, -0.2) is 47.3 Å². The van der Waals surface area contributed by atoms with E-state index in [2.05, 4.69) is 15.0 Å². The number of hydrogen-bond acceptors (Lipinski definition) is 6. The third-order valence-corrected chi connectivity index (χ3v) is 6.25. The Balaban J connectivity index is 1.63. The molecule has 1 aliphatic rings. The van der Waals surface area contributed by atoms with Crippen LogP contribution in [0.3, 0.4) is 0 Å². The molecular formula is C17H17N5O3S. The predicted molar refractivity (Wildman–Crippen MR) is 97.1 cm³/mol. The maximum absolute atomic E-state index is 12.8. The van der Waals surface area contributed by atoms with Gasteiger partial charge in [-0.1, -0.05) is 6.07 Å². The lowest BCUT2D eigenvalue weighted by molar-refractivity contribution is 0.159. The summed E-state index contributed by atoms with van der Waals surface area (Å²) in [5.41, 5.74) is 1.04. The van der Waals surface area contributed by atoms with E-state index < -0.39 is 0 Å². The number of fused-ring (bicyclic) bond motifs is 2. The van der Waals surface area contributed by atoms with Crippen molar-refractivity contribution in [2.24, 2.45) is 11.3 Å². The first-order chi connectivity index (χ1) is 12.6. The van der Waals surface area contributed by atoms with E-state index in [1.54, 1.807) is 28.4 Å². The molecule has 2 unspecified atom stereocenters. The highest BCUT2D eigenvalue weighted by Crippen LogP contribution is 2.53. The molecule has 0 aromatic carbocycles. The molecule has 0 saturated heterocycles. The topological polar surface area (TPSA) is 108 Å². The lowest BCUT2D eigenvalue weighted by Crippen LogP contribution is -2.20. The van der Waals surface area contributed by atoms with Crippen molar-refractivity contribution in [2.45, 2.75) is 13.0 Å². The highest BCUT2D eigenvalue weighted by molar-refractivity contribution is 7.13. The Morgan fingerprint density at radius 1 is 1.42 bits per heavy atom. The molecule has 5 rings (SSSR count). The number of thiophene rings is 1. The minimum Gasteiger partial charge on any atom is -0.396 e. The lowest BCUT2D eigenvalue weighted by atomic mass is 10.1. The van der Waals surface area contributed by atoms with Crippen molar-refractivity contribution in [3.63, 3.8) is 0 Å². The van der Waals surface area contributed by atoms with E-state index >= 15 is 0 Å². The number of rotatable bonds is 5. The van der Waals surface area contributed by atoms with Gasteiger partial charge in [0.1, 0.15) is 0 Å². The van der Waals surface area contributed by atoms with Gasteiger partial charge in [-0.2, -0.15) is 4.98 Å². The summed E-state index contributed by atoms with van der Waals surface area (Å²) in [6.07, 6.45) is 4.08. The first-order valence-corrected chi connectivity index (χ1v) is 9.25. The van der Waals surface area contributed by atoms with Crippen LogP contribution >= 0.6 is 11.3 Å². The maximum atomic E-state index is 12.8. The zero-order valence-corrected chi connectivity index (χ0v) is 14.6. The van der Waals surface area contributed by atoms with Gasteiger partial charge in [0.25, 0.3) is 5.56 Å². The molecule has 4 heterocycles. The fourth-order valence-corrected chi connectivity index (χ4v) is 4.33. The van der Waals surface area contributed by atoms with Gasteiger partial charge in [-0.15, -0.1) is 11.3 Å². The number of imidazole rings is 2. The van der Waals surface area contributed by atoms with Crippen molar-refractivity contribution in [3.8, 4) is 10.6 Å². The number of hydrogen-bond donors (Lipinski definition) is 3. The molecule has 3 N–H and O–H groups in total. The fourth-order valence-electron chi connectivity index (χ4n) is 3.64. The summed E-state index contributed by atoms with van der Waals surface area (Å²) in [6, 6.07) is 3.93. The van der Waals surface area contributed by atoms with Gasteiger partial charge in [0.2, 0.25) is 5.78 Å². The molecular weight excluding hydrogens is 354 g/mol. The van der Waals surface area contributed by atoms with Crippen molar-refractivity contribution in [1.29, 1.82) is 0 Å². The number of aromatic amines is 1. The average Bonchev–Trinajstić information content (AvgIpc) is 3.09. The second kappa shape index (κ2) is 5.50. The van der Waals surface area contributed by atoms with Crippen LogP contribution in [0.5, 0.6) is 0 Å². The molecule has 0 spiro atoms. The number of aromatic nitrogens is 5. The van der Waals surface area contributed by atoms with E-state index in [1.165, 1.54) is 4.40 Å². The molecule has 9 heteroatoms. The van der Waals surface area contributed by atoms with E-state index in [4.69, 9.17) is 0 Å². The van der Waals surface area contributed by atoms with Crippen molar-refractivity contribution >= 4 is 28.3 Å². The zero-order chi connectivity index (χ0) is 17.9. The van der Waals surface area contributed by atoms with Crippen molar-refractivity contribution in [1.82, 2.24) is 23.9 Å². The molecule has 0 amide bonds. The summed E-state index contributed by atoms with van der Waals surface area (Å²) in [5, 5.41) is 21.1.